The molecule has 1 saturated heterocycles. The summed E-state index contributed by atoms with van der Waals surface area (Å²) in [6.45, 7) is 3.96. The molecular formula is C21H28N4O. The summed E-state index contributed by atoms with van der Waals surface area (Å²) >= 11 is 0. The Morgan fingerprint density at radius 2 is 2.04 bits per heavy atom. The molecule has 0 aromatic carbocycles. The lowest BCUT2D eigenvalue weighted by molar-refractivity contribution is 0.0796. The molecule has 0 radical (unpaired) electrons. The second-order valence-corrected chi connectivity index (χ2v) is 7.02. The summed E-state index contributed by atoms with van der Waals surface area (Å²) in [5.41, 5.74) is 2.93. The molecule has 2 aromatic heterocycles. The van der Waals surface area contributed by atoms with Crippen molar-refractivity contribution in [3.63, 3.8) is 0 Å². The van der Waals surface area contributed by atoms with Gasteiger partial charge in [0.25, 0.3) is 5.91 Å². The fourth-order valence-corrected chi connectivity index (χ4v) is 3.63. The monoisotopic (exact) mass is 352 g/mol. The van der Waals surface area contributed by atoms with E-state index >= 15 is 0 Å². The van der Waals surface area contributed by atoms with Crippen molar-refractivity contribution in [2.75, 3.05) is 25.0 Å². The van der Waals surface area contributed by atoms with Crippen molar-refractivity contribution >= 4 is 11.6 Å². The second-order valence-electron chi connectivity index (χ2n) is 7.02. The van der Waals surface area contributed by atoms with Gasteiger partial charge in [-0.25, -0.2) is 0 Å². The van der Waals surface area contributed by atoms with Crippen LogP contribution in [0.1, 0.15) is 48.5 Å². The molecule has 1 aliphatic rings. The third-order valence-electron chi connectivity index (χ3n) is 5.23. The zero-order valence-corrected chi connectivity index (χ0v) is 15.8. The lowest BCUT2D eigenvalue weighted by atomic mass is 9.99. The van der Waals surface area contributed by atoms with Crippen molar-refractivity contribution in [3.05, 3.63) is 54.1 Å². The van der Waals surface area contributed by atoms with Gasteiger partial charge in [-0.3, -0.25) is 14.8 Å². The number of carbonyl (C=O) groups is 1. The average molecular weight is 352 g/mol. The smallest absolute Gasteiger partial charge is 0.255 e. The molecule has 1 aliphatic heterocycles. The molecule has 0 spiro atoms. The second kappa shape index (κ2) is 8.79. The van der Waals surface area contributed by atoms with Gasteiger partial charge in [0.05, 0.1) is 17.4 Å². The Hall–Kier alpha value is -2.43. The largest absolute Gasteiger partial charge is 0.367 e. The van der Waals surface area contributed by atoms with Gasteiger partial charge in [-0.1, -0.05) is 6.92 Å². The van der Waals surface area contributed by atoms with E-state index in [2.05, 4.69) is 21.8 Å². The van der Waals surface area contributed by atoms with Crippen LogP contribution in [0.3, 0.4) is 0 Å². The van der Waals surface area contributed by atoms with Crippen LogP contribution in [0.25, 0.3) is 0 Å². The van der Waals surface area contributed by atoms with Crippen LogP contribution in [0.5, 0.6) is 0 Å². The quantitative estimate of drug-likeness (QED) is 0.798. The Kier molecular flexibility index (Phi) is 6.21. The van der Waals surface area contributed by atoms with Crippen molar-refractivity contribution in [1.29, 1.82) is 0 Å². The van der Waals surface area contributed by atoms with E-state index in [1.807, 2.05) is 31.4 Å². The maximum absolute atomic E-state index is 12.8. The van der Waals surface area contributed by atoms with Crippen molar-refractivity contribution in [2.24, 2.45) is 0 Å². The molecule has 5 nitrogen and oxygen atoms in total. The van der Waals surface area contributed by atoms with Crippen LogP contribution in [0.15, 0.2) is 43.0 Å². The van der Waals surface area contributed by atoms with Crippen molar-refractivity contribution in [1.82, 2.24) is 14.9 Å². The van der Waals surface area contributed by atoms with Gasteiger partial charge in [0.15, 0.2) is 0 Å². The summed E-state index contributed by atoms with van der Waals surface area (Å²) in [5, 5.41) is 0. The first-order chi connectivity index (χ1) is 12.7. The maximum atomic E-state index is 12.8. The predicted octanol–water partition coefficient (Wildman–Crippen LogP) is 3.56. The molecule has 1 unspecified atom stereocenters. The minimum Gasteiger partial charge on any atom is -0.367 e. The molecule has 0 bridgehead atoms. The highest BCUT2D eigenvalue weighted by atomic mass is 16.2. The van der Waals surface area contributed by atoms with Crippen LogP contribution in [-0.4, -0.2) is 47.0 Å². The first-order valence-corrected chi connectivity index (χ1v) is 9.55. The fraction of sp³-hybridized carbons (Fsp3) is 0.476. The van der Waals surface area contributed by atoms with E-state index in [1.165, 1.54) is 24.8 Å². The van der Waals surface area contributed by atoms with Crippen LogP contribution in [0.2, 0.25) is 0 Å². The van der Waals surface area contributed by atoms with E-state index in [4.69, 9.17) is 0 Å². The molecule has 3 heterocycles. The molecule has 0 N–H and O–H groups in total. The van der Waals surface area contributed by atoms with Crippen LogP contribution in [0.4, 0.5) is 5.69 Å². The molecule has 0 aliphatic carbocycles. The normalized spacial score (nSPS) is 17.2. The minimum atomic E-state index is 0.0264. The number of pyridine rings is 2. The lowest BCUT2D eigenvalue weighted by Crippen LogP contribution is -2.39. The molecule has 0 saturated carbocycles. The molecule has 1 fully saturated rings. The average Bonchev–Trinajstić information content (AvgIpc) is 2.72. The molecule has 3 rings (SSSR count). The highest BCUT2D eigenvalue weighted by Crippen LogP contribution is 2.26. The Bertz CT molecular complexity index is 719. The first kappa shape index (κ1) is 18.4. The van der Waals surface area contributed by atoms with E-state index in [0.29, 0.717) is 18.2 Å². The topological polar surface area (TPSA) is 49.3 Å². The molecule has 26 heavy (non-hydrogen) atoms. The number of likely N-dealkylation sites (N-methyl/N-ethyl adjacent to an activating group) is 1. The third kappa shape index (κ3) is 4.40. The summed E-state index contributed by atoms with van der Waals surface area (Å²) in [5.74, 6) is 0.0264. The van der Waals surface area contributed by atoms with Gasteiger partial charge in [0.2, 0.25) is 0 Å². The molecular weight excluding hydrogens is 324 g/mol. The van der Waals surface area contributed by atoms with Crippen LogP contribution in [0, 0.1) is 0 Å². The zero-order valence-electron chi connectivity index (χ0n) is 15.8. The number of piperidine rings is 1. The zero-order chi connectivity index (χ0) is 18.4. The first-order valence-electron chi connectivity index (χ1n) is 9.55. The number of nitrogens with zero attached hydrogens (tertiary/aromatic N) is 4. The molecule has 1 atom stereocenters. The van der Waals surface area contributed by atoms with Crippen LogP contribution in [-0.2, 0) is 6.42 Å². The summed E-state index contributed by atoms with van der Waals surface area (Å²) in [4.78, 5) is 25.4. The number of carbonyl (C=O) groups excluding carboxylic acids is 1. The Morgan fingerprint density at radius 3 is 2.81 bits per heavy atom. The van der Waals surface area contributed by atoms with E-state index in [-0.39, 0.29) is 5.91 Å². The van der Waals surface area contributed by atoms with Gasteiger partial charge in [0.1, 0.15) is 0 Å². The van der Waals surface area contributed by atoms with E-state index in [1.54, 1.807) is 23.5 Å². The minimum absolute atomic E-state index is 0.0264. The van der Waals surface area contributed by atoms with Crippen molar-refractivity contribution in [2.45, 2.75) is 45.1 Å². The molecule has 2 aromatic rings. The van der Waals surface area contributed by atoms with Gasteiger partial charge >= 0.3 is 0 Å². The Labute approximate surface area is 156 Å². The van der Waals surface area contributed by atoms with Gasteiger partial charge in [-0.2, -0.15) is 0 Å². The molecule has 1 amide bonds. The van der Waals surface area contributed by atoms with E-state index < -0.39 is 0 Å². The summed E-state index contributed by atoms with van der Waals surface area (Å²) in [7, 11) is 1.85. The number of hydrogen-bond acceptors (Lipinski definition) is 4. The number of aromatic nitrogens is 2. The fourth-order valence-electron chi connectivity index (χ4n) is 3.63. The maximum Gasteiger partial charge on any atom is 0.255 e. The lowest BCUT2D eigenvalue weighted by Gasteiger charge is -2.37. The molecule has 5 heteroatoms. The molecule has 138 valence electrons. The third-order valence-corrected chi connectivity index (χ3v) is 5.23. The van der Waals surface area contributed by atoms with Crippen LogP contribution < -0.4 is 4.90 Å². The number of anilines is 1. The number of amides is 1. The summed E-state index contributed by atoms with van der Waals surface area (Å²) < 4.78 is 0. The number of hydrogen-bond donors (Lipinski definition) is 0. The highest BCUT2D eigenvalue weighted by Gasteiger charge is 2.22. The summed E-state index contributed by atoms with van der Waals surface area (Å²) in [6.07, 6.45) is 12.8. The van der Waals surface area contributed by atoms with Gasteiger partial charge in [0, 0.05) is 44.8 Å². The van der Waals surface area contributed by atoms with Crippen LogP contribution >= 0.6 is 0 Å². The Balaban J connectivity index is 1.67. The van der Waals surface area contributed by atoms with Crippen molar-refractivity contribution < 1.29 is 4.79 Å². The van der Waals surface area contributed by atoms with Gasteiger partial charge < -0.3 is 9.80 Å². The van der Waals surface area contributed by atoms with Gasteiger partial charge in [-0.05, 0) is 55.9 Å². The SMILES string of the molecule is CCC1CCCCN1c1cncc(C(=O)N(C)CCc2ccncc2)c1. The number of rotatable bonds is 6. The van der Waals surface area contributed by atoms with E-state index in [0.717, 1.165) is 25.1 Å². The predicted molar refractivity (Wildman–Crippen MR) is 104 cm³/mol. The Morgan fingerprint density at radius 1 is 1.23 bits per heavy atom. The standard InChI is InChI=1S/C21H28N4O/c1-3-19-6-4-5-12-25(19)20-14-18(15-23-16-20)21(26)24(2)13-9-17-7-10-22-11-8-17/h7-8,10-11,14-16,19H,3-6,9,12-13H2,1-2H3. The highest BCUT2D eigenvalue weighted by molar-refractivity contribution is 5.94. The van der Waals surface area contributed by atoms with E-state index in [9.17, 15) is 4.79 Å². The van der Waals surface area contributed by atoms with Crippen molar-refractivity contribution in [3.8, 4) is 0 Å². The summed E-state index contributed by atoms with van der Waals surface area (Å²) in [6, 6.07) is 6.54. The van der Waals surface area contributed by atoms with Gasteiger partial charge in [-0.15, -0.1) is 0 Å².